The maximum absolute atomic E-state index is 11.5. The zero-order valence-electron chi connectivity index (χ0n) is 18.4. The Morgan fingerprint density at radius 3 is 2.06 bits per heavy atom. The molecule has 0 spiro atoms. The van der Waals surface area contributed by atoms with E-state index in [0.717, 1.165) is 50.3 Å². The zero-order chi connectivity index (χ0) is 22.5. The van der Waals surface area contributed by atoms with Crippen LogP contribution in [0.3, 0.4) is 0 Å². The van der Waals surface area contributed by atoms with E-state index in [9.17, 15) is 4.79 Å². The molecule has 1 aromatic heterocycles. The van der Waals surface area contributed by atoms with Crippen LogP contribution in [0.15, 0.2) is 35.1 Å². The number of fused-ring (bicyclic) bond motifs is 2. The summed E-state index contributed by atoms with van der Waals surface area (Å²) in [4.78, 5) is 25.3. The number of piperazine rings is 1. The van der Waals surface area contributed by atoms with Crippen LogP contribution in [0, 0.1) is 0 Å². The van der Waals surface area contributed by atoms with Crippen molar-refractivity contribution in [3.63, 3.8) is 0 Å². The molecule has 6 N–H and O–H groups in total. The van der Waals surface area contributed by atoms with Crippen molar-refractivity contribution in [3.8, 4) is 0 Å². The lowest BCUT2D eigenvalue weighted by molar-refractivity contribution is -0.120. The number of aromatic nitrogens is 2. The summed E-state index contributed by atoms with van der Waals surface area (Å²) in [5.74, 6) is 1.74. The summed E-state index contributed by atoms with van der Waals surface area (Å²) in [5.41, 5.74) is 19.2. The number of ketones is 1. The quantitative estimate of drug-likeness (QED) is 0.474. The summed E-state index contributed by atoms with van der Waals surface area (Å²) in [6.45, 7) is 5.53. The van der Waals surface area contributed by atoms with Gasteiger partial charge in [-0.1, -0.05) is 25.4 Å². The minimum absolute atomic E-state index is 0.159. The molecule has 1 aromatic rings. The molecule has 0 amide bonds. The van der Waals surface area contributed by atoms with Crippen molar-refractivity contribution in [3.05, 3.63) is 40.7 Å². The SMILES string of the molecule is CC.NC(N)=C(/C=C(\N)Cl)N1CC2CCC(C1)N2c1ncc(C2CCC(=O)CC2)cn1. The van der Waals surface area contributed by atoms with Gasteiger partial charge in [-0.05, 0) is 43.2 Å². The van der Waals surface area contributed by atoms with E-state index in [1.807, 2.05) is 26.2 Å². The number of hydrogen-bond donors (Lipinski definition) is 3. The number of nitrogens with two attached hydrogens (primary N) is 3. The number of anilines is 1. The minimum atomic E-state index is 0.159. The van der Waals surface area contributed by atoms with E-state index in [-0.39, 0.29) is 23.1 Å². The van der Waals surface area contributed by atoms with Crippen LogP contribution in [0.2, 0.25) is 0 Å². The molecule has 3 heterocycles. The lowest BCUT2D eigenvalue weighted by Gasteiger charge is -2.42. The van der Waals surface area contributed by atoms with Crippen molar-refractivity contribution in [1.82, 2.24) is 14.9 Å². The zero-order valence-corrected chi connectivity index (χ0v) is 19.2. The fraction of sp³-hybridized carbons (Fsp3) is 0.591. The molecule has 1 aliphatic carbocycles. The van der Waals surface area contributed by atoms with Crippen LogP contribution in [0.5, 0.6) is 0 Å². The molecule has 3 fully saturated rings. The monoisotopic (exact) mass is 447 g/mol. The van der Waals surface area contributed by atoms with Crippen LogP contribution in [0.25, 0.3) is 0 Å². The number of Topliss-reactive ketones (excluding diaryl/α,β-unsaturated/α-hetero) is 1. The number of allylic oxidation sites excluding steroid dienone is 1. The second kappa shape index (κ2) is 10.2. The molecule has 2 bridgehead atoms. The molecule has 4 rings (SSSR count). The lowest BCUT2D eigenvalue weighted by Crippen LogP contribution is -2.54. The Labute approximate surface area is 189 Å². The molecule has 170 valence electrons. The molecule has 2 atom stereocenters. The van der Waals surface area contributed by atoms with Crippen molar-refractivity contribution < 1.29 is 4.79 Å². The molecule has 2 aliphatic heterocycles. The number of rotatable bonds is 4. The van der Waals surface area contributed by atoms with Crippen molar-refractivity contribution in [2.75, 3.05) is 18.0 Å². The minimum Gasteiger partial charge on any atom is -0.389 e. The highest BCUT2D eigenvalue weighted by Gasteiger charge is 2.42. The predicted octanol–water partition coefficient (Wildman–Crippen LogP) is 2.51. The molecule has 8 nitrogen and oxygen atoms in total. The largest absolute Gasteiger partial charge is 0.389 e. The summed E-state index contributed by atoms with van der Waals surface area (Å²) in [6.07, 6.45) is 10.8. The summed E-state index contributed by atoms with van der Waals surface area (Å²) in [5, 5.41) is 0.159. The van der Waals surface area contributed by atoms with Gasteiger partial charge in [0, 0.05) is 50.4 Å². The number of likely N-dealkylation sites (tertiary alicyclic amines) is 1. The van der Waals surface area contributed by atoms with Gasteiger partial charge in [-0.25, -0.2) is 9.97 Å². The third-order valence-corrected chi connectivity index (χ3v) is 6.41. The van der Waals surface area contributed by atoms with Crippen molar-refractivity contribution in [1.29, 1.82) is 0 Å². The number of nitrogens with zero attached hydrogens (tertiary/aromatic N) is 4. The van der Waals surface area contributed by atoms with E-state index in [1.54, 1.807) is 6.08 Å². The lowest BCUT2D eigenvalue weighted by atomic mass is 9.85. The second-order valence-electron chi connectivity index (χ2n) is 8.20. The van der Waals surface area contributed by atoms with Crippen LogP contribution in [-0.2, 0) is 4.79 Å². The fourth-order valence-electron chi connectivity index (χ4n) is 4.86. The molecule has 9 heteroatoms. The van der Waals surface area contributed by atoms with Gasteiger partial charge in [0.15, 0.2) is 0 Å². The van der Waals surface area contributed by atoms with E-state index in [4.69, 9.17) is 28.8 Å². The first-order valence-electron chi connectivity index (χ1n) is 11.2. The number of carbonyl (C=O) groups is 1. The van der Waals surface area contributed by atoms with Crippen molar-refractivity contribution >= 4 is 23.3 Å². The van der Waals surface area contributed by atoms with E-state index in [0.29, 0.717) is 30.2 Å². The predicted molar refractivity (Wildman–Crippen MR) is 124 cm³/mol. The maximum atomic E-state index is 11.5. The highest BCUT2D eigenvalue weighted by Crippen LogP contribution is 2.36. The standard InChI is InChI=1S/C20H28ClN7O.C2H6/c21-18(22)7-17(19(23)24)27-10-14-3-4-15(11-27)28(14)20-25-8-13(9-26-20)12-1-5-16(29)6-2-12;1-2/h7-9,12,14-15H,1-6,10-11,22-24H2;1-2H3/b18-7-;. The maximum Gasteiger partial charge on any atom is 0.225 e. The number of carbonyl (C=O) groups excluding carboxylic acids is 1. The van der Waals surface area contributed by atoms with Gasteiger partial charge in [0.2, 0.25) is 5.95 Å². The van der Waals surface area contributed by atoms with Crippen LogP contribution in [-0.4, -0.2) is 45.8 Å². The van der Waals surface area contributed by atoms with E-state index >= 15 is 0 Å². The Morgan fingerprint density at radius 2 is 1.58 bits per heavy atom. The molecule has 0 aromatic carbocycles. The van der Waals surface area contributed by atoms with Crippen molar-refractivity contribution in [2.24, 2.45) is 17.2 Å². The first-order chi connectivity index (χ1) is 14.9. The molecule has 1 saturated carbocycles. The van der Waals surface area contributed by atoms with Crippen LogP contribution in [0.4, 0.5) is 5.95 Å². The summed E-state index contributed by atoms with van der Waals surface area (Å²) in [7, 11) is 0. The summed E-state index contributed by atoms with van der Waals surface area (Å²) >= 11 is 5.85. The van der Waals surface area contributed by atoms with E-state index in [1.165, 1.54) is 0 Å². The molecule has 3 aliphatic rings. The van der Waals surface area contributed by atoms with Crippen LogP contribution >= 0.6 is 11.6 Å². The Hall–Kier alpha value is -2.48. The smallest absolute Gasteiger partial charge is 0.225 e. The average molecular weight is 448 g/mol. The van der Waals surface area contributed by atoms with E-state index in [2.05, 4.69) is 19.8 Å². The molecule has 0 radical (unpaired) electrons. The molecular weight excluding hydrogens is 414 g/mol. The summed E-state index contributed by atoms with van der Waals surface area (Å²) < 4.78 is 0. The Morgan fingerprint density at radius 1 is 1.03 bits per heavy atom. The molecule has 31 heavy (non-hydrogen) atoms. The summed E-state index contributed by atoms with van der Waals surface area (Å²) in [6, 6.07) is 0.567. The van der Waals surface area contributed by atoms with Crippen LogP contribution in [0.1, 0.15) is 63.9 Å². The Bertz CT molecular complexity index is 807. The number of halogens is 1. The fourth-order valence-corrected chi connectivity index (χ4v) is 4.97. The van der Waals surface area contributed by atoms with Gasteiger partial charge < -0.3 is 27.0 Å². The highest BCUT2D eigenvalue weighted by molar-refractivity contribution is 6.29. The molecular formula is C22H34ClN7O. The van der Waals surface area contributed by atoms with Gasteiger partial charge in [-0.15, -0.1) is 0 Å². The third kappa shape index (κ3) is 5.23. The Balaban J connectivity index is 0.00000132. The topological polar surface area (TPSA) is 127 Å². The average Bonchev–Trinajstić information content (AvgIpc) is 3.03. The number of hydrogen-bond acceptors (Lipinski definition) is 8. The van der Waals surface area contributed by atoms with Gasteiger partial charge in [0.25, 0.3) is 0 Å². The van der Waals surface area contributed by atoms with Gasteiger partial charge in [0.05, 0.1) is 5.70 Å². The van der Waals surface area contributed by atoms with Crippen LogP contribution < -0.4 is 22.1 Å². The molecule has 2 unspecified atom stereocenters. The third-order valence-electron chi connectivity index (χ3n) is 6.30. The first-order valence-corrected chi connectivity index (χ1v) is 11.5. The highest BCUT2D eigenvalue weighted by atomic mass is 35.5. The van der Waals surface area contributed by atoms with Gasteiger partial charge in [-0.3, -0.25) is 4.79 Å². The first kappa shape index (κ1) is 23.2. The van der Waals surface area contributed by atoms with Gasteiger partial charge in [0.1, 0.15) is 16.8 Å². The molecule has 2 saturated heterocycles. The van der Waals surface area contributed by atoms with Gasteiger partial charge >= 0.3 is 0 Å². The normalized spacial score (nSPS) is 24.0. The van der Waals surface area contributed by atoms with Gasteiger partial charge in [-0.2, -0.15) is 0 Å². The second-order valence-corrected chi connectivity index (χ2v) is 8.63. The Kier molecular flexibility index (Phi) is 7.64. The van der Waals surface area contributed by atoms with E-state index < -0.39 is 0 Å². The van der Waals surface area contributed by atoms with Crippen molar-refractivity contribution in [2.45, 2.75) is 70.4 Å².